The Hall–Kier alpha value is -1.99. The van der Waals surface area contributed by atoms with Gasteiger partial charge in [-0.1, -0.05) is 51.3 Å². The molecule has 3 rings (SSSR count). The van der Waals surface area contributed by atoms with Crippen molar-refractivity contribution in [2.24, 2.45) is 0 Å². The summed E-state index contributed by atoms with van der Waals surface area (Å²) in [7, 11) is 0. The number of hydrogen-bond donors (Lipinski definition) is 1. The standard InChI is InChI=1S/C24H25BrCl2N2O3/c1-2-30-22-12-18(15-28-9-5-11-31-24-6-3-4-10-29-24)20(25)14-23(22)32-16-17-7-8-19(26)13-21(17)27/h3-4,6-8,10,12-14,28H,2,5,9,11,15-16H2,1H3. The van der Waals surface area contributed by atoms with Gasteiger partial charge in [0.1, 0.15) is 6.61 Å². The van der Waals surface area contributed by atoms with E-state index in [9.17, 15) is 0 Å². The highest BCUT2D eigenvalue weighted by molar-refractivity contribution is 9.10. The lowest BCUT2D eigenvalue weighted by atomic mass is 10.2. The average molecular weight is 540 g/mol. The van der Waals surface area contributed by atoms with Gasteiger partial charge in [0, 0.05) is 38.9 Å². The van der Waals surface area contributed by atoms with E-state index in [2.05, 4.69) is 26.2 Å². The zero-order valence-corrected chi connectivity index (χ0v) is 20.8. The number of nitrogens with one attached hydrogen (secondary N) is 1. The summed E-state index contributed by atoms with van der Waals surface area (Å²) in [5.41, 5.74) is 1.93. The van der Waals surface area contributed by atoms with Crippen molar-refractivity contribution in [3.05, 3.63) is 80.4 Å². The molecule has 1 N–H and O–H groups in total. The van der Waals surface area contributed by atoms with Gasteiger partial charge in [0.15, 0.2) is 11.5 Å². The molecule has 1 heterocycles. The normalized spacial score (nSPS) is 10.8. The van der Waals surface area contributed by atoms with Gasteiger partial charge in [0.25, 0.3) is 0 Å². The van der Waals surface area contributed by atoms with Crippen molar-refractivity contribution < 1.29 is 14.2 Å². The van der Waals surface area contributed by atoms with Crippen molar-refractivity contribution in [1.82, 2.24) is 10.3 Å². The highest BCUT2D eigenvalue weighted by Gasteiger charge is 2.12. The minimum atomic E-state index is 0.316. The van der Waals surface area contributed by atoms with Crippen LogP contribution in [0.15, 0.2) is 59.2 Å². The Morgan fingerprint density at radius 1 is 0.969 bits per heavy atom. The number of rotatable bonds is 12. The van der Waals surface area contributed by atoms with Crippen LogP contribution in [-0.2, 0) is 13.2 Å². The predicted octanol–water partition coefficient (Wildman–Crippen LogP) is 6.69. The molecule has 1 aromatic heterocycles. The van der Waals surface area contributed by atoms with E-state index in [-0.39, 0.29) is 0 Å². The average Bonchev–Trinajstić information content (AvgIpc) is 2.78. The minimum Gasteiger partial charge on any atom is -0.490 e. The van der Waals surface area contributed by atoms with E-state index in [0.29, 0.717) is 53.8 Å². The van der Waals surface area contributed by atoms with E-state index in [0.717, 1.165) is 28.6 Å². The first-order valence-corrected chi connectivity index (χ1v) is 11.9. The highest BCUT2D eigenvalue weighted by Crippen LogP contribution is 2.35. The van der Waals surface area contributed by atoms with Crippen LogP contribution in [0, 0.1) is 0 Å². The van der Waals surface area contributed by atoms with Crippen LogP contribution in [0.25, 0.3) is 0 Å². The maximum atomic E-state index is 6.26. The molecule has 170 valence electrons. The molecule has 0 aliphatic rings. The van der Waals surface area contributed by atoms with E-state index in [1.807, 2.05) is 43.3 Å². The van der Waals surface area contributed by atoms with Crippen LogP contribution in [0.2, 0.25) is 10.0 Å². The molecule has 32 heavy (non-hydrogen) atoms. The predicted molar refractivity (Wildman–Crippen MR) is 132 cm³/mol. The third-order valence-corrected chi connectivity index (χ3v) is 5.84. The lowest BCUT2D eigenvalue weighted by Crippen LogP contribution is -2.17. The highest BCUT2D eigenvalue weighted by atomic mass is 79.9. The molecular weight excluding hydrogens is 515 g/mol. The van der Waals surface area contributed by atoms with Gasteiger partial charge in [0.2, 0.25) is 5.88 Å². The maximum Gasteiger partial charge on any atom is 0.213 e. The lowest BCUT2D eigenvalue weighted by Gasteiger charge is -2.16. The molecule has 0 amide bonds. The number of pyridine rings is 1. The monoisotopic (exact) mass is 538 g/mol. The number of nitrogens with zero attached hydrogens (tertiary/aromatic N) is 1. The van der Waals surface area contributed by atoms with Crippen LogP contribution < -0.4 is 19.5 Å². The summed E-state index contributed by atoms with van der Waals surface area (Å²) >= 11 is 15.9. The molecule has 8 heteroatoms. The Balaban J connectivity index is 1.53. The summed E-state index contributed by atoms with van der Waals surface area (Å²) in [5, 5.41) is 4.60. The fraction of sp³-hybridized carbons (Fsp3) is 0.292. The Morgan fingerprint density at radius 2 is 1.81 bits per heavy atom. The Kier molecular flexibility index (Phi) is 9.93. The van der Waals surface area contributed by atoms with Crippen molar-refractivity contribution in [1.29, 1.82) is 0 Å². The van der Waals surface area contributed by atoms with Crippen LogP contribution >= 0.6 is 39.1 Å². The van der Waals surface area contributed by atoms with E-state index in [1.165, 1.54) is 0 Å². The first kappa shape index (κ1) is 24.6. The molecule has 0 spiro atoms. The van der Waals surface area contributed by atoms with Crippen molar-refractivity contribution >= 4 is 39.1 Å². The molecule has 2 aromatic carbocycles. The molecule has 0 atom stereocenters. The van der Waals surface area contributed by atoms with Gasteiger partial charge in [-0.15, -0.1) is 0 Å². The van der Waals surface area contributed by atoms with E-state index in [1.54, 1.807) is 18.3 Å². The van der Waals surface area contributed by atoms with Gasteiger partial charge in [-0.25, -0.2) is 4.98 Å². The molecule has 0 fully saturated rings. The van der Waals surface area contributed by atoms with Crippen molar-refractivity contribution in [2.75, 3.05) is 19.8 Å². The molecule has 0 saturated heterocycles. The molecule has 0 bridgehead atoms. The molecule has 0 radical (unpaired) electrons. The number of hydrogen-bond acceptors (Lipinski definition) is 5. The van der Waals surface area contributed by atoms with Crippen molar-refractivity contribution in [3.63, 3.8) is 0 Å². The molecule has 3 aromatic rings. The van der Waals surface area contributed by atoms with Crippen molar-refractivity contribution in [3.8, 4) is 17.4 Å². The lowest BCUT2D eigenvalue weighted by molar-refractivity contribution is 0.269. The van der Waals surface area contributed by atoms with Gasteiger partial charge in [-0.05, 0) is 55.8 Å². The summed E-state index contributed by atoms with van der Waals surface area (Å²) in [4.78, 5) is 4.15. The quantitative estimate of drug-likeness (QED) is 0.260. The minimum absolute atomic E-state index is 0.316. The SMILES string of the molecule is CCOc1cc(CNCCCOc2ccccn2)c(Br)cc1OCc1ccc(Cl)cc1Cl. The zero-order valence-electron chi connectivity index (χ0n) is 17.7. The van der Waals surface area contributed by atoms with Gasteiger partial charge < -0.3 is 19.5 Å². The number of ether oxygens (including phenoxy) is 3. The van der Waals surface area contributed by atoms with Crippen LogP contribution in [0.3, 0.4) is 0 Å². The second-order valence-corrected chi connectivity index (χ2v) is 8.59. The molecule has 5 nitrogen and oxygen atoms in total. The maximum absolute atomic E-state index is 6.26. The first-order chi connectivity index (χ1) is 15.6. The van der Waals surface area contributed by atoms with E-state index in [4.69, 9.17) is 37.4 Å². The topological polar surface area (TPSA) is 52.6 Å². The van der Waals surface area contributed by atoms with Crippen LogP contribution in [0.5, 0.6) is 17.4 Å². The molecule has 0 saturated carbocycles. The largest absolute Gasteiger partial charge is 0.490 e. The number of halogens is 3. The van der Waals surface area contributed by atoms with Crippen LogP contribution in [0.1, 0.15) is 24.5 Å². The van der Waals surface area contributed by atoms with Crippen molar-refractivity contribution in [2.45, 2.75) is 26.5 Å². The van der Waals surface area contributed by atoms with E-state index >= 15 is 0 Å². The Bertz CT molecular complexity index is 1010. The number of benzene rings is 2. The molecule has 0 aliphatic carbocycles. The van der Waals surface area contributed by atoms with E-state index < -0.39 is 0 Å². The third kappa shape index (κ3) is 7.55. The fourth-order valence-electron chi connectivity index (χ4n) is 2.92. The van der Waals surface area contributed by atoms with Crippen LogP contribution in [-0.4, -0.2) is 24.7 Å². The van der Waals surface area contributed by atoms with Gasteiger partial charge in [-0.2, -0.15) is 0 Å². The Morgan fingerprint density at radius 3 is 2.56 bits per heavy atom. The summed E-state index contributed by atoms with van der Waals surface area (Å²) in [6.07, 6.45) is 2.59. The first-order valence-electron chi connectivity index (χ1n) is 10.3. The second-order valence-electron chi connectivity index (χ2n) is 6.89. The summed E-state index contributed by atoms with van der Waals surface area (Å²) < 4.78 is 18.4. The molecule has 0 aliphatic heterocycles. The zero-order chi connectivity index (χ0) is 22.8. The van der Waals surface area contributed by atoms with Gasteiger partial charge in [0.05, 0.1) is 13.2 Å². The summed E-state index contributed by atoms with van der Waals surface area (Å²) in [5.74, 6) is 1.99. The smallest absolute Gasteiger partial charge is 0.213 e. The number of aromatic nitrogens is 1. The van der Waals surface area contributed by atoms with Gasteiger partial charge >= 0.3 is 0 Å². The summed E-state index contributed by atoms with van der Waals surface area (Å²) in [6, 6.07) is 14.9. The molecular formula is C24H25BrCl2N2O3. The fourth-order valence-corrected chi connectivity index (χ4v) is 3.84. The van der Waals surface area contributed by atoms with Gasteiger partial charge in [-0.3, -0.25) is 0 Å². The Labute approximate surface area is 207 Å². The van der Waals surface area contributed by atoms with Crippen LogP contribution in [0.4, 0.5) is 0 Å². The summed E-state index contributed by atoms with van der Waals surface area (Å²) in [6.45, 7) is 4.91. The second kappa shape index (κ2) is 12.9. The molecule has 0 unspecified atom stereocenters. The third-order valence-electron chi connectivity index (χ3n) is 4.51.